The highest BCUT2D eigenvalue weighted by Crippen LogP contribution is 2.39. The number of anilines is 1. The number of aromatic nitrogens is 1. The van der Waals surface area contributed by atoms with Gasteiger partial charge in [-0.3, -0.25) is 19.4 Å². The van der Waals surface area contributed by atoms with Crippen LogP contribution in [0.1, 0.15) is 40.2 Å². The van der Waals surface area contributed by atoms with Gasteiger partial charge in [0.05, 0.1) is 31.9 Å². The molecule has 9 nitrogen and oxygen atoms in total. The minimum absolute atomic E-state index is 0.0147. The molecule has 3 aliphatic heterocycles. The van der Waals surface area contributed by atoms with E-state index in [1.54, 1.807) is 7.11 Å². The average Bonchev–Trinajstić information content (AvgIpc) is 3.43. The molecule has 2 atom stereocenters. The number of fused-ring (bicyclic) bond motifs is 2. The van der Waals surface area contributed by atoms with E-state index in [2.05, 4.69) is 38.6 Å². The predicted octanol–water partition coefficient (Wildman–Crippen LogP) is 4.16. The summed E-state index contributed by atoms with van der Waals surface area (Å²) in [5.74, 6) is -0.0413. The lowest BCUT2D eigenvalue weighted by Crippen LogP contribution is -2.51. The van der Waals surface area contributed by atoms with Crippen LogP contribution in [0.25, 0.3) is 0 Å². The molecular formula is C38H45N5O4. The molecule has 0 spiro atoms. The third kappa shape index (κ3) is 6.45. The van der Waals surface area contributed by atoms with Crippen molar-refractivity contribution in [2.75, 3.05) is 77.6 Å². The van der Waals surface area contributed by atoms with Crippen LogP contribution in [-0.4, -0.2) is 109 Å². The predicted molar refractivity (Wildman–Crippen MR) is 183 cm³/mol. The highest BCUT2D eigenvalue weighted by atomic mass is 16.5. The highest BCUT2D eigenvalue weighted by molar-refractivity contribution is 6.08. The Hall–Kier alpha value is -4.02. The van der Waals surface area contributed by atoms with Gasteiger partial charge < -0.3 is 23.8 Å². The third-order valence-electron chi connectivity index (χ3n) is 10.3. The van der Waals surface area contributed by atoms with Gasteiger partial charge >= 0.3 is 0 Å². The Labute approximate surface area is 277 Å². The molecule has 4 heterocycles. The Morgan fingerprint density at radius 2 is 1.53 bits per heavy atom. The molecule has 1 aliphatic carbocycles. The quantitative estimate of drug-likeness (QED) is 0.389. The maximum Gasteiger partial charge on any atom is 0.270 e. The summed E-state index contributed by atoms with van der Waals surface area (Å²) in [7, 11) is 1.70. The Kier molecular flexibility index (Phi) is 9.14. The molecule has 9 heteroatoms. The molecule has 2 saturated heterocycles. The first-order chi connectivity index (χ1) is 22.9. The number of piperazine rings is 1. The Morgan fingerprint density at radius 1 is 0.830 bits per heavy atom. The lowest BCUT2D eigenvalue weighted by molar-refractivity contribution is -0.115. The van der Waals surface area contributed by atoms with Crippen LogP contribution in [0.3, 0.4) is 0 Å². The van der Waals surface area contributed by atoms with Gasteiger partial charge in [0.15, 0.2) is 0 Å². The molecule has 0 saturated carbocycles. The monoisotopic (exact) mass is 635 g/mol. The number of morpholine rings is 1. The van der Waals surface area contributed by atoms with Gasteiger partial charge in [0.1, 0.15) is 5.69 Å². The number of hydrogen-bond acceptors (Lipinski definition) is 6. The van der Waals surface area contributed by atoms with Crippen molar-refractivity contribution < 1.29 is 19.1 Å². The number of carbonyl (C=O) groups excluding carboxylic acids is 2. The van der Waals surface area contributed by atoms with E-state index < -0.39 is 5.60 Å². The number of rotatable bonds is 7. The second kappa shape index (κ2) is 13.6. The number of amides is 2. The summed E-state index contributed by atoms with van der Waals surface area (Å²) in [6, 6.07) is 22.2. The molecule has 2 fully saturated rings. The van der Waals surface area contributed by atoms with Crippen LogP contribution in [0.15, 0.2) is 90.5 Å². The van der Waals surface area contributed by atoms with Gasteiger partial charge in [-0.2, -0.15) is 0 Å². The van der Waals surface area contributed by atoms with Crippen molar-refractivity contribution in [2.24, 2.45) is 0 Å². The lowest BCUT2D eigenvalue weighted by atomic mass is 9.78. The van der Waals surface area contributed by atoms with E-state index in [0.717, 1.165) is 75.0 Å². The van der Waals surface area contributed by atoms with E-state index in [4.69, 9.17) is 9.47 Å². The molecular weight excluding hydrogens is 590 g/mol. The average molecular weight is 636 g/mol. The van der Waals surface area contributed by atoms with Crippen molar-refractivity contribution >= 4 is 17.5 Å². The molecule has 0 N–H and O–H groups in total. The first-order valence-corrected chi connectivity index (χ1v) is 16.8. The molecule has 2 amide bonds. The van der Waals surface area contributed by atoms with E-state index in [-0.39, 0.29) is 17.7 Å². The molecule has 7 rings (SSSR count). The summed E-state index contributed by atoms with van der Waals surface area (Å²) in [5, 5.41) is 0. The SMILES string of the molecule is COC1(C)C=C(C(=O)N2Cc3ccc(C(=O)N4CCN(CCN5CCOCC5)CC4)n3Cc3ccccc32)C=CC1c1ccccc1. The van der Waals surface area contributed by atoms with E-state index >= 15 is 0 Å². The molecule has 1 aromatic heterocycles. The van der Waals surface area contributed by atoms with Gasteiger partial charge in [-0.25, -0.2) is 0 Å². The zero-order valence-corrected chi connectivity index (χ0v) is 27.5. The summed E-state index contributed by atoms with van der Waals surface area (Å²) in [5.41, 5.74) is 4.56. The number of para-hydroxylation sites is 1. The summed E-state index contributed by atoms with van der Waals surface area (Å²) >= 11 is 0. The maximum absolute atomic E-state index is 14.4. The Bertz CT molecular complexity index is 1650. The van der Waals surface area contributed by atoms with Crippen LogP contribution in [0, 0.1) is 0 Å². The second-order valence-electron chi connectivity index (χ2n) is 13.1. The first-order valence-electron chi connectivity index (χ1n) is 16.8. The van der Waals surface area contributed by atoms with Crippen molar-refractivity contribution in [1.29, 1.82) is 0 Å². The molecule has 2 unspecified atom stereocenters. The molecule has 0 radical (unpaired) electrons. The number of benzene rings is 2. The van der Waals surface area contributed by atoms with Gasteiger partial charge in [0, 0.05) is 82.3 Å². The van der Waals surface area contributed by atoms with Crippen LogP contribution in [-0.2, 0) is 27.4 Å². The standard InChI is InChI=1S/C38H45N5O4/c1-38(46-2)26-30(12-14-33(38)29-8-4-3-5-9-29)36(44)43-28-32-13-15-35(42(32)27-31-10-6-7-11-34(31)43)37(45)41-20-18-39(19-21-41)16-17-40-22-24-47-25-23-40/h3-15,26,33H,16-25,27-28H2,1-2H3. The second-order valence-corrected chi connectivity index (χ2v) is 13.1. The van der Waals surface area contributed by atoms with Crippen molar-refractivity contribution in [2.45, 2.75) is 31.5 Å². The topological polar surface area (TPSA) is 70.5 Å². The number of ether oxygens (including phenoxy) is 2. The number of nitrogens with zero attached hydrogens (tertiary/aromatic N) is 5. The minimum Gasteiger partial charge on any atom is -0.379 e. The molecule has 3 aromatic rings. The van der Waals surface area contributed by atoms with Crippen LogP contribution in [0.5, 0.6) is 0 Å². The maximum atomic E-state index is 14.4. The number of hydrogen-bond donors (Lipinski definition) is 0. The van der Waals surface area contributed by atoms with Gasteiger partial charge in [-0.15, -0.1) is 0 Å². The van der Waals surface area contributed by atoms with Gasteiger partial charge in [-0.1, -0.05) is 60.7 Å². The molecule has 47 heavy (non-hydrogen) atoms. The highest BCUT2D eigenvalue weighted by Gasteiger charge is 2.37. The van der Waals surface area contributed by atoms with Crippen LogP contribution in [0.4, 0.5) is 5.69 Å². The fourth-order valence-electron chi connectivity index (χ4n) is 7.39. The van der Waals surface area contributed by atoms with E-state index in [9.17, 15) is 9.59 Å². The normalized spacial score (nSPS) is 23.5. The molecule has 4 aliphatic rings. The largest absolute Gasteiger partial charge is 0.379 e. The van der Waals surface area contributed by atoms with Crippen molar-refractivity contribution in [3.63, 3.8) is 0 Å². The number of carbonyl (C=O) groups is 2. The Balaban J connectivity index is 1.08. The smallest absolute Gasteiger partial charge is 0.270 e. The Morgan fingerprint density at radius 3 is 2.28 bits per heavy atom. The third-order valence-corrected chi connectivity index (χ3v) is 10.3. The van der Waals surface area contributed by atoms with Crippen LogP contribution < -0.4 is 4.90 Å². The first kappa shape index (κ1) is 31.6. The molecule has 246 valence electrons. The van der Waals surface area contributed by atoms with Gasteiger partial charge in [0.25, 0.3) is 11.8 Å². The lowest BCUT2D eigenvalue weighted by Gasteiger charge is -2.36. The minimum atomic E-state index is -0.682. The van der Waals surface area contributed by atoms with Gasteiger partial charge in [-0.05, 0) is 42.3 Å². The van der Waals surface area contributed by atoms with Crippen molar-refractivity contribution in [3.05, 3.63) is 113 Å². The van der Waals surface area contributed by atoms with Gasteiger partial charge in [0.2, 0.25) is 0 Å². The summed E-state index contributed by atoms with van der Waals surface area (Å²) in [6.07, 6.45) is 5.98. The van der Waals surface area contributed by atoms with E-state index in [1.807, 2.05) is 77.4 Å². The van der Waals surface area contributed by atoms with E-state index in [0.29, 0.717) is 37.4 Å². The van der Waals surface area contributed by atoms with Crippen LogP contribution >= 0.6 is 0 Å². The summed E-state index contributed by atoms with van der Waals surface area (Å²) in [4.78, 5) is 37.0. The van der Waals surface area contributed by atoms with Crippen molar-refractivity contribution in [1.82, 2.24) is 19.3 Å². The zero-order chi connectivity index (χ0) is 32.4. The molecule has 0 bridgehead atoms. The van der Waals surface area contributed by atoms with E-state index in [1.165, 1.54) is 0 Å². The summed E-state index contributed by atoms with van der Waals surface area (Å²) < 4.78 is 13.6. The van der Waals surface area contributed by atoms with Crippen molar-refractivity contribution in [3.8, 4) is 0 Å². The zero-order valence-electron chi connectivity index (χ0n) is 27.5. The fourth-order valence-corrected chi connectivity index (χ4v) is 7.39. The fraction of sp³-hybridized carbons (Fsp3) is 0.421. The van der Waals surface area contributed by atoms with Crippen LogP contribution in [0.2, 0.25) is 0 Å². The number of methoxy groups -OCH3 is 1. The summed E-state index contributed by atoms with van der Waals surface area (Å²) in [6.45, 7) is 11.8. The molecule has 2 aromatic carbocycles.